The molecule has 3 nitrogen and oxygen atoms in total. The second-order valence-electron chi connectivity index (χ2n) is 2.00. The Hall–Kier alpha value is -1.58. The average molecular weight is 158 g/mol. The van der Waals surface area contributed by atoms with Crippen molar-refractivity contribution in [2.45, 2.75) is 0 Å². The molecule has 0 saturated carbocycles. The lowest BCUT2D eigenvalue weighted by Crippen LogP contribution is -2.19. The Morgan fingerprint density at radius 2 is 2.00 bits per heavy atom. The first-order chi connectivity index (χ1) is 5.18. The standard InChI is InChI=1S/C7H7FN2O.2H2/c8-5-1-3-6(4-2-5)10-7(9)11;;/h1-4H,(H3,9,10,11);2*1H. The van der Waals surface area contributed by atoms with Crippen molar-refractivity contribution < 1.29 is 12.0 Å². The highest BCUT2D eigenvalue weighted by atomic mass is 19.1. The lowest BCUT2D eigenvalue weighted by atomic mass is 10.3. The molecule has 0 fully saturated rings. The van der Waals surface area contributed by atoms with Crippen LogP contribution in [-0.4, -0.2) is 6.03 Å². The molecular formula is C7H11FN2O. The zero-order valence-electron chi connectivity index (χ0n) is 5.67. The first kappa shape index (κ1) is 7.53. The molecule has 1 aromatic carbocycles. The maximum atomic E-state index is 12.3. The van der Waals surface area contributed by atoms with E-state index in [1.54, 1.807) is 0 Å². The minimum absolute atomic E-state index is 0. The second-order valence-corrected chi connectivity index (χ2v) is 2.00. The molecule has 1 aromatic rings. The molecule has 0 aromatic heterocycles. The summed E-state index contributed by atoms with van der Waals surface area (Å²) in [5, 5.41) is 2.30. The molecule has 4 heteroatoms. The van der Waals surface area contributed by atoms with E-state index in [2.05, 4.69) is 5.32 Å². The Balaban J connectivity index is 0. The molecule has 62 valence electrons. The number of hydrogen-bond acceptors (Lipinski definition) is 1. The molecule has 0 aliphatic rings. The van der Waals surface area contributed by atoms with Crippen LogP contribution in [-0.2, 0) is 0 Å². The van der Waals surface area contributed by atoms with Gasteiger partial charge in [0.1, 0.15) is 5.82 Å². The Morgan fingerprint density at radius 1 is 1.45 bits per heavy atom. The Morgan fingerprint density at radius 3 is 2.45 bits per heavy atom. The Labute approximate surface area is 66.0 Å². The third kappa shape index (κ3) is 2.25. The van der Waals surface area contributed by atoms with Crippen molar-refractivity contribution in [3.63, 3.8) is 0 Å². The van der Waals surface area contributed by atoms with Crippen molar-refractivity contribution in [2.75, 3.05) is 5.32 Å². The number of nitrogens with one attached hydrogen (secondary N) is 1. The molecule has 0 bridgehead atoms. The lowest BCUT2D eigenvalue weighted by Gasteiger charge is -1.98. The predicted molar refractivity (Wildman–Crippen MR) is 43.8 cm³/mol. The third-order valence-electron chi connectivity index (χ3n) is 1.11. The summed E-state index contributed by atoms with van der Waals surface area (Å²) in [6.45, 7) is 0. The van der Waals surface area contributed by atoms with Crippen LogP contribution in [0.2, 0.25) is 0 Å². The van der Waals surface area contributed by atoms with Crippen molar-refractivity contribution in [1.82, 2.24) is 0 Å². The van der Waals surface area contributed by atoms with E-state index in [4.69, 9.17) is 5.73 Å². The molecule has 0 heterocycles. The summed E-state index contributed by atoms with van der Waals surface area (Å²) in [5.41, 5.74) is 5.30. The fraction of sp³-hybridized carbons (Fsp3) is 0. The Bertz CT molecular complexity index is 266. The number of halogens is 1. The summed E-state index contributed by atoms with van der Waals surface area (Å²) in [6.07, 6.45) is 0. The van der Waals surface area contributed by atoms with Gasteiger partial charge >= 0.3 is 6.03 Å². The largest absolute Gasteiger partial charge is 0.351 e. The van der Waals surface area contributed by atoms with Gasteiger partial charge in [0.2, 0.25) is 0 Å². The SMILES string of the molecule is NC(=O)Nc1ccc(F)cc1.[HH].[HH]. The molecule has 0 aliphatic heterocycles. The van der Waals surface area contributed by atoms with Crippen LogP contribution in [0.25, 0.3) is 0 Å². The number of benzene rings is 1. The minimum atomic E-state index is -0.656. The van der Waals surface area contributed by atoms with Crippen LogP contribution in [0, 0.1) is 5.82 Å². The summed E-state index contributed by atoms with van der Waals surface area (Å²) in [6, 6.07) is 4.69. The van der Waals surface area contributed by atoms with Gasteiger partial charge in [-0.05, 0) is 24.3 Å². The molecule has 2 amide bonds. The van der Waals surface area contributed by atoms with E-state index in [-0.39, 0.29) is 8.67 Å². The van der Waals surface area contributed by atoms with Gasteiger partial charge in [-0.2, -0.15) is 0 Å². The number of primary amides is 1. The number of carbonyl (C=O) groups excluding carboxylic acids is 1. The number of urea groups is 1. The van der Waals surface area contributed by atoms with E-state index in [1.807, 2.05) is 0 Å². The van der Waals surface area contributed by atoms with Gasteiger partial charge in [-0.3, -0.25) is 0 Å². The molecular weight excluding hydrogens is 147 g/mol. The molecule has 0 atom stereocenters. The maximum absolute atomic E-state index is 12.3. The summed E-state index contributed by atoms with van der Waals surface area (Å²) in [7, 11) is 0. The van der Waals surface area contributed by atoms with Gasteiger partial charge in [-0.1, -0.05) is 0 Å². The normalized spacial score (nSPS) is 9.18. The quantitative estimate of drug-likeness (QED) is 0.643. The average Bonchev–Trinajstić information content (AvgIpc) is 1.93. The van der Waals surface area contributed by atoms with Crippen LogP contribution in [0.3, 0.4) is 0 Å². The highest BCUT2D eigenvalue weighted by Crippen LogP contribution is 2.06. The monoisotopic (exact) mass is 158 g/mol. The predicted octanol–water partition coefficient (Wildman–Crippen LogP) is 1.81. The van der Waals surface area contributed by atoms with E-state index < -0.39 is 6.03 Å². The van der Waals surface area contributed by atoms with Crippen molar-refractivity contribution >= 4 is 11.7 Å². The van der Waals surface area contributed by atoms with E-state index in [0.29, 0.717) is 5.69 Å². The van der Waals surface area contributed by atoms with Crippen molar-refractivity contribution in [2.24, 2.45) is 5.73 Å². The Kier molecular flexibility index (Phi) is 2.06. The van der Waals surface area contributed by atoms with Crippen LogP contribution < -0.4 is 11.1 Å². The van der Waals surface area contributed by atoms with Gasteiger partial charge in [-0.15, -0.1) is 0 Å². The highest BCUT2D eigenvalue weighted by Gasteiger charge is 1.94. The molecule has 0 aliphatic carbocycles. The lowest BCUT2D eigenvalue weighted by molar-refractivity contribution is 0.259. The number of carbonyl (C=O) groups is 1. The topological polar surface area (TPSA) is 55.1 Å². The number of nitrogens with two attached hydrogens (primary N) is 1. The highest BCUT2D eigenvalue weighted by molar-refractivity contribution is 5.87. The van der Waals surface area contributed by atoms with Crippen LogP contribution in [0.15, 0.2) is 24.3 Å². The van der Waals surface area contributed by atoms with Gasteiger partial charge in [-0.25, -0.2) is 9.18 Å². The fourth-order valence-electron chi connectivity index (χ4n) is 0.675. The van der Waals surface area contributed by atoms with E-state index in [9.17, 15) is 9.18 Å². The zero-order valence-corrected chi connectivity index (χ0v) is 5.67. The smallest absolute Gasteiger partial charge is 0.316 e. The number of hydrogen-bond donors (Lipinski definition) is 2. The van der Waals surface area contributed by atoms with Crippen LogP contribution in [0.1, 0.15) is 2.85 Å². The van der Waals surface area contributed by atoms with Gasteiger partial charge in [0.25, 0.3) is 0 Å². The maximum Gasteiger partial charge on any atom is 0.316 e. The first-order valence-electron chi connectivity index (χ1n) is 3.00. The van der Waals surface area contributed by atoms with E-state index >= 15 is 0 Å². The van der Waals surface area contributed by atoms with Crippen LogP contribution in [0.4, 0.5) is 14.9 Å². The van der Waals surface area contributed by atoms with Crippen molar-refractivity contribution in [3.05, 3.63) is 30.1 Å². The van der Waals surface area contributed by atoms with E-state index in [1.165, 1.54) is 24.3 Å². The first-order valence-corrected chi connectivity index (χ1v) is 3.00. The summed E-state index contributed by atoms with van der Waals surface area (Å²) in [5.74, 6) is -0.347. The fourth-order valence-corrected chi connectivity index (χ4v) is 0.675. The number of anilines is 1. The summed E-state index contributed by atoms with van der Waals surface area (Å²) >= 11 is 0. The molecule has 11 heavy (non-hydrogen) atoms. The van der Waals surface area contributed by atoms with E-state index in [0.717, 1.165) is 0 Å². The molecule has 3 N–H and O–H groups in total. The number of amides is 2. The van der Waals surface area contributed by atoms with Crippen LogP contribution in [0.5, 0.6) is 0 Å². The molecule has 0 spiro atoms. The summed E-state index contributed by atoms with van der Waals surface area (Å²) < 4.78 is 12.3. The van der Waals surface area contributed by atoms with Crippen molar-refractivity contribution in [1.29, 1.82) is 0 Å². The third-order valence-corrected chi connectivity index (χ3v) is 1.11. The zero-order chi connectivity index (χ0) is 8.27. The molecule has 1 rings (SSSR count). The molecule has 0 unspecified atom stereocenters. The molecule has 0 saturated heterocycles. The summed E-state index contributed by atoms with van der Waals surface area (Å²) in [4.78, 5) is 10.3. The minimum Gasteiger partial charge on any atom is -0.351 e. The van der Waals surface area contributed by atoms with Gasteiger partial charge in [0.15, 0.2) is 0 Å². The van der Waals surface area contributed by atoms with Gasteiger partial charge in [0, 0.05) is 8.54 Å². The van der Waals surface area contributed by atoms with Gasteiger partial charge < -0.3 is 11.1 Å². The van der Waals surface area contributed by atoms with Crippen LogP contribution >= 0.6 is 0 Å². The molecule has 0 radical (unpaired) electrons. The number of rotatable bonds is 1. The second kappa shape index (κ2) is 3.01. The van der Waals surface area contributed by atoms with Crippen molar-refractivity contribution in [3.8, 4) is 0 Å². The van der Waals surface area contributed by atoms with Gasteiger partial charge in [0.05, 0.1) is 0 Å².